The lowest BCUT2D eigenvalue weighted by Gasteiger charge is -2.45. The van der Waals surface area contributed by atoms with Crippen LogP contribution in [0.4, 0.5) is 11.6 Å². The molecule has 0 aliphatic carbocycles. The van der Waals surface area contributed by atoms with Crippen LogP contribution in [0.25, 0.3) is 11.0 Å². The van der Waals surface area contributed by atoms with Gasteiger partial charge in [0, 0.05) is 37.8 Å². The summed E-state index contributed by atoms with van der Waals surface area (Å²) >= 11 is 0. The molecule has 1 fully saturated rings. The molecule has 4 rings (SSSR count). The number of hydrogen-bond acceptors (Lipinski definition) is 8. The Hall–Kier alpha value is -3.29. The van der Waals surface area contributed by atoms with Crippen LogP contribution >= 0.6 is 0 Å². The zero-order valence-corrected chi connectivity index (χ0v) is 19.1. The van der Waals surface area contributed by atoms with E-state index in [2.05, 4.69) is 33.6 Å². The van der Waals surface area contributed by atoms with Crippen molar-refractivity contribution in [3.05, 3.63) is 48.5 Å². The topological polar surface area (TPSA) is 84.3 Å². The minimum atomic E-state index is -0.478. The van der Waals surface area contributed by atoms with Crippen LogP contribution in [0, 0.1) is 0 Å². The molecule has 3 heterocycles. The van der Waals surface area contributed by atoms with Gasteiger partial charge in [-0.3, -0.25) is 9.78 Å². The summed E-state index contributed by atoms with van der Waals surface area (Å²) in [6.45, 7) is 9.74. The molecule has 32 heavy (non-hydrogen) atoms. The molecule has 0 N–H and O–H groups in total. The van der Waals surface area contributed by atoms with E-state index in [1.165, 1.54) is 0 Å². The van der Waals surface area contributed by atoms with E-state index in [0.29, 0.717) is 12.2 Å². The highest BCUT2D eigenvalue weighted by molar-refractivity contribution is 5.75. The van der Waals surface area contributed by atoms with Crippen molar-refractivity contribution < 1.29 is 9.53 Å². The summed E-state index contributed by atoms with van der Waals surface area (Å²) in [6, 6.07) is 10.2. The van der Waals surface area contributed by atoms with Crippen molar-refractivity contribution in [1.82, 2.24) is 19.9 Å². The third-order valence-corrected chi connectivity index (χ3v) is 5.73. The number of anilines is 2. The van der Waals surface area contributed by atoms with Gasteiger partial charge >= 0.3 is 5.97 Å². The molecule has 8 nitrogen and oxygen atoms in total. The number of piperazine rings is 1. The van der Waals surface area contributed by atoms with Gasteiger partial charge in [-0.05, 0) is 45.4 Å². The molecule has 0 bridgehead atoms. The second kappa shape index (κ2) is 9.46. The summed E-state index contributed by atoms with van der Waals surface area (Å²) in [7, 11) is 0. The molecule has 2 aromatic heterocycles. The molecule has 0 saturated carbocycles. The fourth-order valence-corrected chi connectivity index (χ4v) is 4.28. The quantitative estimate of drug-likeness (QED) is 0.540. The fourth-order valence-electron chi connectivity index (χ4n) is 4.28. The molecule has 3 aromatic rings. The number of hydrogen-bond donors (Lipinski definition) is 0. The number of esters is 1. The lowest BCUT2D eigenvalue weighted by Crippen LogP contribution is -2.57. The van der Waals surface area contributed by atoms with Crippen LogP contribution in [0.3, 0.4) is 0 Å². The van der Waals surface area contributed by atoms with Gasteiger partial charge in [-0.1, -0.05) is 19.1 Å². The van der Waals surface area contributed by atoms with Crippen molar-refractivity contribution in [2.24, 2.45) is 0 Å². The Morgan fingerprint density at radius 3 is 2.50 bits per heavy atom. The Morgan fingerprint density at radius 1 is 1.06 bits per heavy atom. The van der Waals surface area contributed by atoms with E-state index in [1.54, 1.807) is 6.20 Å². The van der Waals surface area contributed by atoms with Crippen LogP contribution in [0.15, 0.2) is 42.7 Å². The van der Waals surface area contributed by atoms with E-state index in [-0.39, 0.29) is 18.1 Å². The third kappa shape index (κ3) is 4.64. The molecule has 8 heteroatoms. The van der Waals surface area contributed by atoms with Crippen molar-refractivity contribution >= 4 is 28.6 Å². The van der Waals surface area contributed by atoms with Crippen LogP contribution in [-0.4, -0.2) is 51.1 Å². The van der Waals surface area contributed by atoms with Crippen molar-refractivity contribution in [1.29, 1.82) is 0 Å². The van der Waals surface area contributed by atoms with Crippen molar-refractivity contribution in [2.75, 3.05) is 22.9 Å². The van der Waals surface area contributed by atoms with Crippen LogP contribution in [-0.2, 0) is 9.53 Å². The molecule has 1 aliphatic heterocycles. The standard InChI is InChI=1S/C24H30N6O2/c1-5-8-23(31)32-18(4)24-25-12-11-21(28-24)30-16(2)14-29(15-17(30)3)22-13-26-19-9-6-7-10-20(19)27-22/h6-7,9-13,16-18H,5,8,14-15H2,1-4H3/t16-,17+,18-/m1/s1. The second-order valence-corrected chi connectivity index (χ2v) is 8.38. The summed E-state index contributed by atoms with van der Waals surface area (Å²) in [5.41, 5.74) is 1.80. The van der Waals surface area contributed by atoms with Gasteiger partial charge in [0.25, 0.3) is 0 Å². The van der Waals surface area contributed by atoms with E-state index >= 15 is 0 Å². The first-order valence-corrected chi connectivity index (χ1v) is 11.2. The Bertz CT molecular complexity index is 1080. The van der Waals surface area contributed by atoms with E-state index in [9.17, 15) is 4.79 Å². The molecule has 0 radical (unpaired) electrons. The normalized spacial score (nSPS) is 19.8. The maximum Gasteiger partial charge on any atom is 0.306 e. The predicted octanol–water partition coefficient (Wildman–Crippen LogP) is 3.93. The number of rotatable bonds is 6. The number of aromatic nitrogens is 4. The average molecular weight is 435 g/mol. The van der Waals surface area contributed by atoms with Gasteiger partial charge in [-0.25, -0.2) is 15.0 Å². The second-order valence-electron chi connectivity index (χ2n) is 8.38. The smallest absolute Gasteiger partial charge is 0.306 e. The van der Waals surface area contributed by atoms with E-state index < -0.39 is 6.10 Å². The lowest BCUT2D eigenvalue weighted by molar-refractivity contribution is -0.149. The minimum Gasteiger partial charge on any atom is -0.454 e. The van der Waals surface area contributed by atoms with Crippen LogP contribution in [0.1, 0.15) is 52.5 Å². The number of benzene rings is 1. The summed E-state index contributed by atoms with van der Waals surface area (Å²) in [6.07, 6.45) is 4.27. The zero-order chi connectivity index (χ0) is 22.7. The molecular formula is C24H30N6O2. The molecule has 168 valence electrons. The maximum atomic E-state index is 11.9. The summed E-state index contributed by atoms with van der Waals surface area (Å²) in [4.78, 5) is 34.9. The predicted molar refractivity (Wildman–Crippen MR) is 125 cm³/mol. The van der Waals surface area contributed by atoms with Gasteiger partial charge in [0.1, 0.15) is 11.6 Å². The van der Waals surface area contributed by atoms with Crippen LogP contribution in [0.2, 0.25) is 0 Å². The monoisotopic (exact) mass is 434 g/mol. The van der Waals surface area contributed by atoms with Crippen molar-refractivity contribution in [3.63, 3.8) is 0 Å². The molecule has 1 saturated heterocycles. The van der Waals surface area contributed by atoms with Gasteiger partial charge in [0.05, 0.1) is 17.2 Å². The first kappa shape index (κ1) is 21.9. The Morgan fingerprint density at radius 2 is 1.78 bits per heavy atom. The molecule has 0 amide bonds. The van der Waals surface area contributed by atoms with E-state index in [1.807, 2.05) is 50.4 Å². The Labute approximate surface area is 188 Å². The highest BCUT2D eigenvalue weighted by atomic mass is 16.5. The molecule has 1 aliphatic rings. The van der Waals surface area contributed by atoms with Crippen LogP contribution in [0.5, 0.6) is 0 Å². The Kier molecular flexibility index (Phi) is 6.48. The molecular weight excluding hydrogens is 404 g/mol. The number of ether oxygens (including phenoxy) is 1. The van der Waals surface area contributed by atoms with Crippen molar-refractivity contribution in [3.8, 4) is 0 Å². The molecule has 1 aromatic carbocycles. The number of carbonyl (C=O) groups excluding carboxylic acids is 1. The maximum absolute atomic E-state index is 11.9. The van der Waals surface area contributed by atoms with Crippen molar-refractivity contribution in [2.45, 2.75) is 58.7 Å². The minimum absolute atomic E-state index is 0.202. The van der Waals surface area contributed by atoms with Gasteiger partial charge in [-0.15, -0.1) is 0 Å². The summed E-state index contributed by atoms with van der Waals surface area (Å²) in [5, 5.41) is 0. The number of nitrogens with zero attached hydrogens (tertiary/aromatic N) is 6. The SMILES string of the molecule is CCCC(=O)O[C@H](C)c1nccc(N2[C@H](C)CN(c3cnc4ccccc4n3)C[C@@H]2C)n1. The third-order valence-electron chi connectivity index (χ3n) is 5.73. The van der Waals surface area contributed by atoms with Crippen LogP contribution < -0.4 is 9.80 Å². The number of fused-ring (bicyclic) bond motifs is 1. The first-order chi connectivity index (χ1) is 15.5. The van der Waals surface area contributed by atoms with Gasteiger partial charge in [-0.2, -0.15) is 0 Å². The number of carbonyl (C=O) groups is 1. The zero-order valence-electron chi connectivity index (χ0n) is 19.1. The van der Waals surface area contributed by atoms with E-state index in [0.717, 1.165) is 42.2 Å². The largest absolute Gasteiger partial charge is 0.454 e. The average Bonchev–Trinajstić information content (AvgIpc) is 2.78. The lowest BCUT2D eigenvalue weighted by atomic mass is 10.1. The number of para-hydroxylation sites is 2. The highest BCUT2D eigenvalue weighted by Gasteiger charge is 2.31. The molecule has 0 unspecified atom stereocenters. The molecule has 0 spiro atoms. The highest BCUT2D eigenvalue weighted by Crippen LogP contribution is 2.27. The fraction of sp³-hybridized carbons (Fsp3) is 0.458. The molecule has 3 atom stereocenters. The Balaban J connectivity index is 1.50. The van der Waals surface area contributed by atoms with Gasteiger partial charge in [0.2, 0.25) is 0 Å². The summed E-state index contributed by atoms with van der Waals surface area (Å²) < 4.78 is 5.48. The van der Waals surface area contributed by atoms with Gasteiger partial charge in [0.15, 0.2) is 11.9 Å². The van der Waals surface area contributed by atoms with Gasteiger partial charge < -0.3 is 14.5 Å². The first-order valence-electron chi connectivity index (χ1n) is 11.2. The summed E-state index contributed by atoms with van der Waals surface area (Å²) in [5.74, 6) is 2.04. The van der Waals surface area contributed by atoms with E-state index in [4.69, 9.17) is 14.7 Å².